The van der Waals surface area contributed by atoms with E-state index in [-0.39, 0.29) is 0 Å². The van der Waals surface area contributed by atoms with Crippen LogP contribution in [0.25, 0.3) is 0 Å². The molecule has 1 heterocycles. The summed E-state index contributed by atoms with van der Waals surface area (Å²) < 4.78 is 0. The molecule has 12 heavy (non-hydrogen) atoms. The number of aromatic nitrogens is 1. The van der Waals surface area contributed by atoms with Gasteiger partial charge in [-0.1, -0.05) is 13.8 Å². The zero-order valence-electron chi connectivity index (χ0n) is 8.20. The molecule has 0 radical (unpaired) electrons. The maximum atomic E-state index is 3.43. The third kappa shape index (κ3) is 1.28. The second kappa shape index (κ2) is 2.38. The third-order valence-electron chi connectivity index (χ3n) is 2.85. The predicted molar refractivity (Wildman–Crippen MR) is 51.3 cm³/mol. The Kier molecular flexibility index (Phi) is 1.57. The Labute approximate surface area is 74.2 Å². The highest BCUT2D eigenvalue weighted by Gasteiger charge is 2.25. The van der Waals surface area contributed by atoms with Crippen molar-refractivity contribution in [2.45, 2.75) is 40.0 Å². The van der Waals surface area contributed by atoms with Gasteiger partial charge >= 0.3 is 0 Å². The van der Waals surface area contributed by atoms with Crippen molar-refractivity contribution in [2.75, 3.05) is 0 Å². The molecule has 0 aliphatic heterocycles. The number of H-pyrrole nitrogens is 1. The molecule has 66 valence electrons. The molecule has 0 saturated heterocycles. The van der Waals surface area contributed by atoms with Crippen molar-refractivity contribution >= 4 is 0 Å². The molecule has 0 saturated carbocycles. The first-order valence-electron chi connectivity index (χ1n) is 4.74. The van der Waals surface area contributed by atoms with Crippen LogP contribution >= 0.6 is 0 Å². The first-order chi connectivity index (χ1) is 5.57. The van der Waals surface area contributed by atoms with E-state index < -0.39 is 0 Å². The van der Waals surface area contributed by atoms with Crippen LogP contribution in [0.3, 0.4) is 0 Å². The van der Waals surface area contributed by atoms with E-state index in [2.05, 4.69) is 31.8 Å². The van der Waals surface area contributed by atoms with E-state index in [0.717, 1.165) is 0 Å². The maximum Gasteiger partial charge on any atom is 0.0182 e. The average Bonchev–Trinajstić information content (AvgIpc) is 2.26. The highest BCUT2D eigenvalue weighted by atomic mass is 14.7. The van der Waals surface area contributed by atoms with Gasteiger partial charge < -0.3 is 4.98 Å². The smallest absolute Gasteiger partial charge is 0.0182 e. The van der Waals surface area contributed by atoms with Crippen LogP contribution in [0.4, 0.5) is 0 Å². The summed E-state index contributed by atoms with van der Waals surface area (Å²) in [7, 11) is 0. The van der Waals surface area contributed by atoms with Gasteiger partial charge in [-0.15, -0.1) is 0 Å². The molecule has 1 aliphatic carbocycles. The van der Waals surface area contributed by atoms with Gasteiger partial charge in [0.05, 0.1) is 0 Å². The summed E-state index contributed by atoms with van der Waals surface area (Å²) in [6.45, 7) is 6.86. The summed E-state index contributed by atoms with van der Waals surface area (Å²) in [5.74, 6) is 0. The zero-order valence-corrected chi connectivity index (χ0v) is 8.20. The van der Waals surface area contributed by atoms with Gasteiger partial charge in [-0.25, -0.2) is 0 Å². The molecule has 1 aromatic heterocycles. The van der Waals surface area contributed by atoms with E-state index >= 15 is 0 Å². The highest BCUT2D eigenvalue weighted by Crippen LogP contribution is 2.34. The van der Waals surface area contributed by atoms with Gasteiger partial charge in [0.25, 0.3) is 0 Å². The Balaban J connectivity index is 2.34. The van der Waals surface area contributed by atoms with Gasteiger partial charge in [0.2, 0.25) is 0 Å². The topological polar surface area (TPSA) is 15.8 Å². The van der Waals surface area contributed by atoms with Crippen molar-refractivity contribution in [1.82, 2.24) is 4.98 Å². The summed E-state index contributed by atoms with van der Waals surface area (Å²) in [6.07, 6.45) is 3.79. The number of aromatic amines is 1. The number of fused-ring (bicyclic) bond motifs is 1. The van der Waals surface area contributed by atoms with Crippen molar-refractivity contribution in [1.29, 1.82) is 0 Å². The monoisotopic (exact) mass is 163 g/mol. The minimum Gasteiger partial charge on any atom is -0.362 e. The molecule has 1 aliphatic rings. The first-order valence-corrected chi connectivity index (χ1v) is 4.74. The lowest BCUT2D eigenvalue weighted by Gasteiger charge is -2.29. The molecule has 0 atom stereocenters. The quantitative estimate of drug-likeness (QED) is 0.605. The van der Waals surface area contributed by atoms with E-state index in [0.29, 0.717) is 5.41 Å². The molecular weight excluding hydrogens is 146 g/mol. The minimum absolute atomic E-state index is 0.516. The van der Waals surface area contributed by atoms with Crippen LogP contribution < -0.4 is 0 Å². The number of hydrogen-bond acceptors (Lipinski definition) is 0. The lowest BCUT2D eigenvalue weighted by Crippen LogP contribution is -2.21. The third-order valence-corrected chi connectivity index (χ3v) is 2.85. The van der Waals surface area contributed by atoms with Crippen molar-refractivity contribution < 1.29 is 0 Å². The van der Waals surface area contributed by atoms with Crippen LogP contribution in [-0.2, 0) is 12.8 Å². The van der Waals surface area contributed by atoms with Crippen molar-refractivity contribution in [3.05, 3.63) is 23.0 Å². The predicted octanol–water partition coefficient (Wildman–Crippen LogP) is 2.84. The summed E-state index contributed by atoms with van der Waals surface area (Å²) in [5.41, 5.74) is 4.86. The molecule has 1 nitrogen and oxygen atoms in total. The molecule has 0 spiro atoms. The minimum atomic E-state index is 0.516. The molecular formula is C11H17N. The van der Waals surface area contributed by atoms with Crippen LogP contribution in [0.2, 0.25) is 0 Å². The fourth-order valence-corrected chi connectivity index (χ4v) is 2.15. The lowest BCUT2D eigenvalue weighted by molar-refractivity contribution is 0.314. The molecule has 1 N–H and O–H groups in total. The van der Waals surface area contributed by atoms with Crippen LogP contribution in [-0.4, -0.2) is 4.98 Å². The number of nitrogens with one attached hydrogen (secondary N) is 1. The molecule has 0 fully saturated rings. The van der Waals surface area contributed by atoms with E-state index in [9.17, 15) is 0 Å². The van der Waals surface area contributed by atoms with Crippen LogP contribution in [0.1, 0.15) is 37.2 Å². The van der Waals surface area contributed by atoms with Crippen molar-refractivity contribution in [2.24, 2.45) is 5.41 Å². The van der Waals surface area contributed by atoms with Crippen molar-refractivity contribution in [3.63, 3.8) is 0 Å². The number of aryl methyl sites for hydroxylation is 2. The van der Waals surface area contributed by atoms with Crippen LogP contribution in [0.5, 0.6) is 0 Å². The summed E-state index contributed by atoms with van der Waals surface area (Å²) in [5, 5.41) is 0. The molecule has 1 aromatic rings. The van der Waals surface area contributed by atoms with Crippen molar-refractivity contribution in [3.8, 4) is 0 Å². The second-order valence-electron chi connectivity index (χ2n) is 4.80. The second-order valence-corrected chi connectivity index (χ2v) is 4.80. The van der Waals surface area contributed by atoms with Gasteiger partial charge in [-0.3, -0.25) is 0 Å². The van der Waals surface area contributed by atoms with Gasteiger partial charge in [-0.05, 0) is 43.2 Å². The summed E-state index contributed by atoms with van der Waals surface area (Å²) >= 11 is 0. The Bertz CT molecular complexity index is 294. The molecule has 0 bridgehead atoms. The van der Waals surface area contributed by atoms with Gasteiger partial charge in [0.1, 0.15) is 0 Å². The van der Waals surface area contributed by atoms with E-state index in [1.807, 2.05) is 0 Å². The first kappa shape index (κ1) is 7.90. The largest absolute Gasteiger partial charge is 0.362 e. The zero-order chi connectivity index (χ0) is 8.77. The van der Waals surface area contributed by atoms with E-state index in [1.165, 1.54) is 30.7 Å². The highest BCUT2D eigenvalue weighted by molar-refractivity contribution is 5.28. The fourth-order valence-electron chi connectivity index (χ4n) is 2.15. The molecule has 1 heteroatoms. The normalized spacial score (nSPS) is 20.6. The standard InChI is InChI=1S/C11H17N/c1-8-6-9-7-11(2,3)5-4-10(9)12-8/h6,12H,4-5,7H2,1-3H3. The van der Waals surface area contributed by atoms with Gasteiger partial charge in [-0.2, -0.15) is 0 Å². The van der Waals surface area contributed by atoms with Crippen LogP contribution in [0.15, 0.2) is 6.07 Å². The Morgan fingerprint density at radius 1 is 1.42 bits per heavy atom. The maximum absolute atomic E-state index is 3.43. The Morgan fingerprint density at radius 2 is 2.17 bits per heavy atom. The Hall–Kier alpha value is -0.720. The number of hydrogen-bond donors (Lipinski definition) is 1. The molecule has 2 rings (SSSR count). The fraction of sp³-hybridized carbons (Fsp3) is 0.636. The molecule has 0 amide bonds. The summed E-state index contributed by atoms with van der Waals surface area (Å²) in [4.78, 5) is 3.43. The van der Waals surface area contributed by atoms with E-state index in [4.69, 9.17) is 0 Å². The SMILES string of the molecule is Cc1cc2c([nH]1)CCC(C)(C)C2. The summed E-state index contributed by atoms with van der Waals surface area (Å²) in [6, 6.07) is 2.30. The van der Waals surface area contributed by atoms with Gasteiger partial charge in [0, 0.05) is 11.4 Å². The average molecular weight is 163 g/mol. The molecule has 0 unspecified atom stereocenters. The lowest BCUT2D eigenvalue weighted by atomic mass is 9.77. The Morgan fingerprint density at radius 3 is 2.92 bits per heavy atom. The van der Waals surface area contributed by atoms with E-state index in [1.54, 1.807) is 5.56 Å². The van der Waals surface area contributed by atoms with Gasteiger partial charge in [0.15, 0.2) is 0 Å². The molecule has 0 aromatic carbocycles. The number of rotatable bonds is 0. The van der Waals surface area contributed by atoms with Crippen LogP contribution in [0, 0.1) is 12.3 Å².